The molecule has 0 amide bonds. The number of hydrogen-bond donors (Lipinski definition) is 1. The zero-order chi connectivity index (χ0) is 15.4. The predicted molar refractivity (Wildman–Crippen MR) is 78.7 cm³/mol. The molecule has 8 heteroatoms. The number of nitrogens with zero attached hydrogens (tertiary/aromatic N) is 3. The Labute approximate surface area is 126 Å². The summed E-state index contributed by atoms with van der Waals surface area (Å²) in [7, 11) is 0. The van der Waals surface area contributed by atoms with Crippen molar-refractivity contribution in [1.82, 2.24) is 10.1 Å². The Kier molecular flexibility index (Phi) is 4.74. The highest BCUT2D eigenvalue weighted by molar-refractivity contribution is 6.33. The first kappa shape index (κ1) is 15.2. The van der Waals surface area contributed by atoms with E-state index in [4.69, 9.17) is 16.1 Å². The number of hydrogen-bond acceptors (Lipinski definition) is 6. The first-order chi connectivity index (χ1) is 9.99. The molecule has 0 saturated heterocycles. The van der Waals surface area contributed by atoms with Crippen LogP contribution in [0.2, 0.25) is 5.02 Å². The summed E-state index contributed by atoms with van der Waals surface area (Å²) in [4.78, 5) is 14.0. The van der Waals surface area contributed by atoms with Gasteiger partial charge in [-0.05, 0) is 26.7 Å². The Morgan fingerprint density at radius 1 is 1.48 bits per heavy atom. The van der Waals surface area contributed by atoms with Gasteiger partial charge in [0.05, 0.1) is 15.6 Å². The summed E-state index contributed by atoms with van der Waals surface area (Å²) in [5.74, 6) is 1.28. The molecule has 0 aromatic carbocycles. The van der Waals surface area contributed by atoms with Gasteiger partial charge in [-0.15, -0.1) is 0 Å². The Bertz CT molecular complexity index is 637. The molecule has 0 spiro atoms. The Balaban J connectivity index is 1.88. The molecule has 0 aliphatic heterocycles. The van der Waals surface area contributed by atoms with Gasteiger partial charge in [-0.25, -0.2) is 4.98 Å². The van der Waals surface area contributed by atoms with Gasteiger partial charge in [0.25, 0.3) is 5.69 Å². The van der Waals surface area contributed by atoms with Crippen molar-refractivity contribution in [2.75, 3.05) is 11.9 Å². The summed E-state index contributed by atoms with van der Waals surface area (Å²) >= 11 is 5.95. The summed E-state index contributed by atoms with van der Waals surface area (Å²) in [5, 5.41) is 17.8. The van der Waals surface area contributed by atoms with Crippen LogP contribution in [0.3, 0.4) is 0 Å². The highest BCUT2D eigenvalue weighted by Crippen LogP contribution is 2.23. The number of nitro groups is 1. The zero-order valence-electron chi connectivity index (χ0n) is 11.7. The number of aryl methyl sites for hydroxylation is 2. The van der Waals surface area contributed by atoms with Gasteiger partial charge in [-0.3, -0.25) is 10.1 Å². The minimum Gasteiger partial charge on any atom is -0.369 e. The minimum atomic E-state index is -0.528. The minimum absolute atomic E-state index is 0.124. The number of pyridine rings is 1. The topological polar surface area (TPSA) is 94.1 Å². The van der Waals surface area contributed by atoms with Gasteiger partial charge < -0.3 is 9.84 Å². The monoisotopic (exact) mass is 310 g/mol. The van der Waals surface area contributed by atoms with Crippen LogP contribution in [0.1, 0.15) is 23.4 Å². The van der Waals surface area contributed by atoms with E-state index in [0.29, 0.717) is 12.4 Å². The second kappa shape index (κ2) is 6.53. The second-order valence-corrected chi connectivity index (χ2v) is 5.02. The van der Waals surface area contributed by atoms with E-state index >= 15 is 0 Å². The highest BCUT2D eigenvalue weighted by atomic mass is 35.5. The molecule has 0 fully saturated rings. The molecule has 0 radical (unpaired) electrons. The van der Waals surface area contributed by atoms with Crippen LogP contribution in [0.4, 0.5) is 11.5 Å². The number of anilines is 1. The van der Waals surface area contributed by atoms with E-state index in [1.807, 2.05) is 13.8 Å². The molecule has 0 aliphatic carbocycles. The van der Waals surface area contributed by atoms with Gasteiger partial charge in [0, 0.05) is 18.2 Å². The number of aromatic nitrogens is 2. The average molecular weight is 311 g/mol. The molecule has 0 unspecified atom stereocenters. The zero-order valence-corrected chi connectivity index (χ0v) is 12.5. The molecule has 2 heterocycles. The van der Waals surface area contributed by atoms with Crippen molar-refractivity contribution in [1.29, 1.82) is 0 Å². The van der Waals surface area contributed by atoms with Gasteiger partial charge >= 0.3 is 0 Å². The van der Waals surface area contributed by atoms with Crippen LogP contribution in [-0.4, -0.2) is 21.6 Å². The SMILES string of the molecule is Cc1noc(C)c1CCCNc1ncc([N+](=O)[O-])cc1Cl. The van der Waals surface area contributed by atoms with E-state index in [-0.39, 0.29) is 10.7 Å². The second-order valence-electron chi connectivity index (χ2n) is 4.61. The van der Waals surface area contributed by atoms with E-state index < -0.39 is 4.92 Å². The van der Waals surface area contributed by atoms with Crippen molar-refractivity contribution < 1.29 is 9.45 Å². The lowest BCUT2D eigenvalue weighted by atomic mass is 10.1. The van der Waals surface area contributed by atoms with E-state index in [1.165, 1.54) is 12.3 Å². The fourth-order valence-electron chi connectivity index (χ4n) is 1.99. The molecular formula is C13H15ClN4O3. The third-order valence-corrected chi connectivity index (χ3v) is 3.40. The molecule has 0 saturated carbocycles. The molecule has 2 aromatic rings. The molecule has 2 rings (SSSR count). The van der Waals surface area contributed by atoms with Crippen LogP contribution in [0.5, 0.6) is 0 Å². The molecule has 7 nitrogen and oxygen atoms in total. The fourth-order valence-corrected chi connectivity index (χ4v) is 2.22. The van der Waals surface area contributed by atoms with E-state index in [0.717, 1.165) is 29.9 Å². The number of rotatable bonds is 6. The molecular weight excluding hydrogens is 296 g/mol. The van der Waals surface area contributed by atoms with Crippen molar-refractivity contribution in [3.63, 3.8) is 0 Å². The van der Waals surface area contributed by atoms with Gasteiger partial charge in [-0.1, -0.05) is 16.8 Å². The molecule has 2 aromatic heterocycles. The summed E-state index contributed by atoms with van der Waals surface area (Å²) in [6, 6.07) is 1.28. The van der Waals surface area contributed by atoms with Crippen LogP contribution in [0.25, 0.3) is 0 Å². The highest BCUT2D eigenvalue weighted by Gasteiger charge is 2.11. The molecule has 1 N–H and O–H groups in total. The molecule has 0 aliphatic rings. The maximum Gasteiger partial charge on any atom is 0.289 e. The third kappa shape index (κ3) is 3.69. The van der Waals surface area contributed by atoms with Crippen molar-refractivity contribution in [3.05, 3.63) is 44.4 Å². The molecule has 21 heavy (non-hydrogen) atoms. The Morgan fingerprint density at radius 2 is 2.24 bits per heavy atom. The lowest BCUT2D eigenvalue weighted by molar-refractivity contribution is -0.385. The summed E-state index contributed by atoms with van der Waals surface area (Å²) in [6.07, 6.45) is 2.86. The van der Waals surface area contributed by atoms with Crippen LogP contribution >= 0.6 is 11.6 Å². The first-order valence-corrected chi connectivity index (χ1v) is 6.82. The van der Waals surface area contributed by atoms with Gasteiger partial charge in [-0.2, -0.15) is 0 Å². The van der Waals surface area contributed by atoms with Gasteiger partial charge in [0.1, 0.15) is 17.8 Å². The van der Waals surface area contributed by atoms with Crippen LogP contribution in [0, 0.1) is 24.0 Å². The summed E-state index contributed by atoms with van der Waals surface area (Å²) in [6.45, 7) is 4.44. The van der Waals surface area contributed by atoms with Crippen molar-refractivity contribution in [2.45, 2.75) is 26.7 Å². The normalized spacial score (nSPS) is 10.6. The Hall–Kier alpha value is -2.15. The van der Waals surface area contributed by atoms with Gasteiger partial charge in [0.15, 0.2) is 0 Å². The van der Waals surface area contributed by atoms with Crippen LogP contribution in [-0.2, 0) is 6.42 Å². The fraction of sp³-hybridized carbons (Fsp3) is 0.385. The quantitative estimate of drug-likeness (QED) is 0.500. The maximum absolute atomic E-state index is 10.6. The van der Waals surface area contributed by atoms with E-state index in [2.05, 4.69) is 15.5 Å². The number of nitrogens with one attached hydrogen (secondary N) is 1. The maximum atomic E-state index is 10.6. The van der Waals surface area contributed by atoms with Crippen molar-refractivity contribution in [3.8, 4) is 0 Å². The summed E-state index contributed by atoms with van der Waals surface area (Å²) in [5.41, 5.74) is 1.89. The summed E-state index contributed by atoms with van der Waals surface area (Å²) < 4.78 is 5.10. The van der Waals surface area contributed by atoms with E-state index in [9.17, 15) is 10.1 Å². The Morgan fingerprint density at radius 3 is 2.81 bits per heavy atom. The van der Waals surface area contributed by atoms with E-state index in [1.54, 1.807) is 0 Å². The van der Waals surface area contributed by atoms with Gasteiger partial charge in [0.2, 0.25) is 0 Å². The smallest absolute Gasteiger partial charge is 0.289 e. The molecule has 0 atom stereocenters. The predicted octanol–water partition coefficient (Wildman–Crippen LogP) is 3.29. The average Bonchev–Trinajstić information content (AvgIpc) is 2.76. The van der Waals surface area contributed by atoms with Crippen LogP contribution in [0.15, 0.2) is 16.8 Å². The third-order valence-electron chi connectivity index (χ3n) is 3.11. The van der Waals surface area contributed by atoms with Crippen molar-refractivity contribution in [2.24, 2.45) is 0 Å². The first-order valence-electron chi connectivity index (χ1n) is 6.44. The largest absolute Gasteiger partial charge is 0.369 e. The molecule has 112 valence electrons. The van der Waals surface area contributed by atoms with Crippen molar-refractivity contribution >= 4 is 23.1 Å². The lowest BCUT2D eigenvalue weighted by Gasteiger charge is -2.07. The van der Waals surface area contributed by atoms with Crippen LogP contribution < -0.4 is 5.32 Å². The number of halogens is 1. The standard InChI is InChI=1S/C13H15ClN4O3/c1-8-11(9(2)21-17-8)4-3-5-15-13-12(14)6-10(7-16-13)18(19)20/h6-7H,3-5H2,1-2H3,(H,15,16). The lowest BCUT2D eigenvalue weighted by Crippen LogP contribution is -2.06. The molecule has 0 bridgehead atoms.